The predicted octanol–water partition coefficient (Wildman–Crippen LogP) is 3.10. The Kier molecular flexibility index (Phi) is 4.22. The van der Waals surface area contributed by atoms with Crippen molar-refractivity contribution in [3.63, 3.8) is 0 Å². The van der Waals surface area contributed by atoms with Gasteiger partial charge in [-0.1, -0.05) is 5.16 Å². The minimum atomic E-state index is -0.488. The molecule has 4 aliphatic rings. The Morgan fingerprint density at radius 3 is 2.83 bits per heavy atom. The van der Waals surface area contributed by atoms with Crippen molar-refractivity contribution < 1.29 is 23.2 Å². The van der Waals surface area contributed by atoms with Gasteiger partial charge in [0.05, 0.1) is 17.9 Å². The number of carbonyl (C=O) groups is 1. The Balaban J connectivity index is 1.27. The summed E-state index contributed by atoms with van der Waals surface area (Å²) in [5, 5.41) is 6.87. The lowest BCUT2D eigenvalue weighted by Gasteiger charge is -2.38. The molecule has 2 aromatic rings. The summed E-state index contributed by atoms with van der Waals surface area (Å²) in [6.07, 6.45) is 2.71. The molecule has 1 aromatic carbocycles. The molecule has 0 spiro atoms. The van der Waals surface area contributed by atoms with Gasteiger partial charge in [-0.3, -0.25) is 4.90 Å². The Hall–Kier alpha value is -2.62. The standard InChI is InChI=1S/C20H21FN4O4S/c21-13-5-15-17(6-14(13)24-11-1-2-12(24)10-30-9-11)27-8-16-18(29-20(26)25(15)16)7-22-19-3-4-28-23-19/h3-6,11-12,16,18H,1-2,7-10H2,(H,22,23)/t11?,12?,16-,18-/m0/s1. The summed E-state index contributed by atoms with van der Waals surface area (Å²) in [6.45, 7) is 0.644. The van der Waals surface area contributed by atoms with Crippen LogP contribution in [0.15, 0.2) is 29.0 Å². The average Bonchev–Trinajstić information content (AvgIpc) is 3.43. The van der Waals surface area contributed by atoms with Gasteiger partial charge in [0, 0.05) is 41.8 Å². The summed E-state index contributed by atoms with van der Waals surface area (Å²) in [6, 6.07) is 5.26. The number of ether oxygens (including phenoxy) is 2. The number of cyclic esters (lactones) is 1. The van der Waals surface area contributed by atoms with Crippen molar-refractivity contribution in [2.24, 2.45) is 0 Å². The van der Waals surface area contributed by atoms with Gasteiger partial charge in [0.1, 0.15) is 36.6 Å². The summed E-state index contributed by atoms with van der Waals surface area (Å²) in [4.78, 5) is 16.3. The molecule has 3 fully saturated rings. The van der Waals surface area contributed by atoms with Crippen LogP contribution >= 0.6 is 11.8 Å². The second-order valence-corrected chi connectivity index (χ2v) is 9.11. The molecular weight excluding hydrogens is 411 g/mol. The van der Waals surface area contributed by atoms with Crippen molar-refractivity contribution in [1.29, 1.82) is 0 Å². The number of fused-ring (bicyclic) bond motifs is 5. The van der Waals surface area contributed by atoms with Crippen molar-refractivity contribution in [1.82, 2.24) is 5.16 Å². The zero-order valence-corrected chi connectivity index (χ0v) is 16.9. The minimum Gasteiger partial charge on any atom is -0.489 e. The maximum Gasteiger partial charge on any atom is 0.415 e. The fraction of sp³-hybridized carbons (Fsp3) is 0.500. The first-order chi connectivity index (χ1) is 14.7. The maximum absolute atomic E-state index is 15.2. The van der Waals surface area contributed by atoms with Gasteiger partial charge in [-0.25, -0.2) is 9.18 Å². The lowest BCUT2D eigenvalue weighted by Crippen LogP contribution is -2.47. The van der Waals surface area contributed by atoms with E-state index < -0.39 is 12.2 Å². The van der Waals surface area contributed by atoms with Crippen molar-refractivity contribution >= 4 is 35.0 Å². The van der Waals surface area contributed by atoms with Crippen molar-refractivity contribution in [2.45, 2.75) is 37.1 Å². The third kappa shape index (κ3) is 2.80. The van der Waals surface area contributed by atoms with Crippen molar-refractivity contribution in [3.05, 3.63) is 30.3 Å². The molecule has 0 saturated carbocycles. The summed E-state index contributed by atoms with van der Waals surface area (Å²) >= 11 is 1.94. The van der Waals surface area contributed by atoms with Crippen LogP contribution in [0.5, 0.6) is 5.75 Å². The van der Waals surface area contributed by atoms with Gasteiger partial charge in [-0.2, -0.15) is 11.8 Å². The fourth-order valence-electron chi connectivity index (χ4n) is 4.94. The third-order valence-corrected chi connectivity index (χ3v) is 7.59. The van der Waals surface area contributed by atoms with Crippen LogP contribution in [0.3, 0.4) is 0 Å². The van der Waals surface area contributed by atoms with Gasteiger partial charge in [0.25, 0.3) is 0 Å². The van der Waals surface area contributed by atoms with Gasteiger partial charge in [0.2, 0.25) is 0 Å². The highest BCUT2D eigenvalue weighted by molar-refractivity contribution is 7.99. The van der Waals surface area contributed by atoms with Crippen molar-refractivity contribution in [3.8, 4) is 5.75 Å². The van der Waals surface area contributed by atoms with Crippen LogP contribution in [-0.4, -0.2) is 60.1 Å². The van der Waals surface area contributed by atoms with Crippen LogP contribution in [0.2, 0.25) is 0 Å². The summed E-state index contributed by atoms with van der Waals surface area (Å²) in [5.41, 5.74) is 1.01. The lowest BCUT2D eigenvalue weighted by atomic mass is 10.1. The number of amides is 1. The van der Waals surface area contributed by atoms with Gasteiger partial charge in [-0.15, -0.1) is 0 Å². The average molecular weight is 432 g/mol. The number of thioether (sulfide) groups is 1. The number of hydrogen-bond acceptors (Lipinski definition) is 8. The largest absolute Gasteiger partial charge is 0.489 e. The Morgan fingerprint density at radius 2 is 2.07 bits per heavy atom. The van der Waals surface area contributed by atoms with Crippen LogP contribution in [0.25, 0.3) is 0 Å². The van der Waals surface area contributed by atoms with Crippen LogP contribution < -0.4 is 19.9 Å². The molecule has 4 aliphatic heterocycles. The molecule has 1 N–H and O–H groups in total. The smallest absolute Gasteiger partial charge is 0.415 e. The van der Waals surface area contributed by atoms with Crippen molar-refractivity contribution in [2.75, 3.05) is 39.8 Å². The second kappa shape index (κ2) is 6.97. The summed E-state index contributed by atoms with van der Waals surface area (Å²) < 4.78 is 31.6. The molecule has 0 radical (unpaired) electrons. The first-order valence-electron chi connectivity index (χ1n) is 10.2. The number of carbonyl (C=O) groups excluding carboxylic acids is 1. The monoisotopic (exact) mass is 432 g/mol. The van der Waals surface area contributed by atoms with Gasteiger partial charge in [0.15, 0.2) is 5.82 Å². The predicted molar refractivity (Wildman–Crippen MR) is 110 cm³/mol. The van der Waals surface area contributed by atoms with Gasteiger partial charge < -0.3 is 24.2 Å². The number of aromatic nitrogens is 1. The first-order valence-corrected chi connectivity index (χ1v) is 11.3. The number of anilines is 3. The van der Waals surface area contributed by atoms with E-state index in [1.54, 1.807) is 12.1 Å². The molecule has 5 heterocycles. The molecular formula is C20H21FN4O4S. The molecule has 10 heteroatoms. The quantitative estimate of drug-likeness (QED) is 0.790. The SMILES string of the molecule is O=C1O[C@@H](CNc2ccon2)[C@@H]2COc3cc(N4C5CCC4CSC5)c(F)cc3N12. The zero-order chi connectivity index (χ0) is 20.2. The van der Waals surface area contributed by atoms with Crippen LogP contribution in [-0.2, 0) is 4.74 Å². The molecule has 1 aromatic heterocycles. The van der Waals surface area contributed by atoms with E-state index in [4.69, 9.17) is 14.0 Å². The number of benzene rings is 1. The molecule has 0 aliphatic carbocycles. The van der Waals surface area contributed by atoms with E-state index >= 15 is 4.39 Å². The van der Waals surface area contributed by atoms with E-state index in [2.05, 4.69) is 15.4 Å². The molecule has 2 unspecified atom stereocenters. The van der Waals surface area contributed by atoms with E-state index in [-0.39, 0.29) is 18.5 Å². The molecule has 4 atom stereocenters. The molecule has 30 heavy (non-hydrogen) atoms. The number of rotatable bonds is 4. The lowest BCUT2D eigenvalue weighted by molar-refractivity contribution is 0.128. The van der Waals surface area contributed by atoms with Crippen LogP contribution in [0.1, 0.15) is 12.8 Å². The number of nitrogens with one attached hydrogen (secondary N) is 1. The molecule has 1 amide bonds. The van der Waals surface area contributed by atoms with E-state index in [1.165, 1.54) is 17.2 Å². The highest BCUT2D eigenvalue weighted by atomic mass is 32.2. The van der Waals surface area contributed by atoms with E-state index in [0.717, 1.165) is 24.3 Å². The molecule has 6 rings (SSSR count). The fourth-order valence-corrected chi connectivity index (χ4v) is 6.28. The zero-order valence-electron chi connectivity index (χ0n) is 16.1. The Labute approximate surface area is 176 Å². The summed E-state index contributed by atoms with van der Waals surface area (Å²) in [5.74, 6) is 2.82. The van der Waals surface area contributed by atoms with E-state index in [1.807, 2.05) is 11.8 Å². The van der Waals surface area contributed by atoms with Crippen LogP contribution in [0.4, 0.5) is 26.4 Å². The van der Waals surface area contributed by atoms with Crippen LogP contribution in [0, 0.1) is 5.82 Å². The molecule has 2 bridgehead atoms. The molecule has 8 nitrogen and oxygen atoms in total. The normalized spacial score (nSPS) is 29.3. The molecule has 158 valence electrons. The highest BCUT2D eigenvalue weighted by Gasteiger charge is 2.47. The number of nitrogens with zero attached hydrogens (tertiary/aromatic N) is 3. The number of halogens is 1. The molecule has 3 saturated heterocycles. The minimum absolute atomic E-state index is 0.289. The maximum atomic E-state index is 15.2. The second-order valence-electron chi connectivity index (χ2n) is 8.04. The topological polar surface area (TPSA) is 80.1 Å². The van der Waals surface area contributed by atoms with Gasteiger partial charge in [-0.05, 0) is 12.8 Å². The highest BCUT2D eigenvalue weighted by Crippen LogP contribution is 2.45. The third-order valence-electron chi connectivity index (χ3n) is 6.35. The summed E-state index contributed by atoms with van der Waals surface area (Å²) in [7, 11) is 0. The van der Waals surface area contributed by atoms with E-state index in [9.17, 15) is 4.79 Å². The number of hydrogen-bond donors (Lipinski definition) is 1. The van der Waals surface area contributed by atoms with E-state index in [0.29, 0.717) is 41.6 Å². The first kappa shape index (κ1) is 18.2. The Morgan fingerprint density at radius 1 is 1.23 bits per heavy atom. The van der Waals surface area contributed by atoms with Gasteiger partial charge >= 0.3 is 6.09 Å². The Bertz CT molecular complexity index is 958.